The molecule has 152 valence electrons. The van der Waals surface area contributed by atoms with Crippen LogP contribution in [-0.4, -0.2) is 38.2 Å². The summed E-state index contributed by atoms with van der Waals surface area (Å²) in [7, 11) is 0. The van der Waals surface area contributed by atoms with Crippen LogP contribution in [0.2, 0.25) is 0 Å². The van der Waals surface area contributed by atoms with Gasteiger partial charge in [0, 0.05) is 0 Å². The van der Waals surface area contributed by atoms with Crippen molar-refractivity contribution in [1.82, 2.24) is 25.1 Å². The van der Waals surface area contributed by atoms with Gasteiger partial charge in [-0.3, -0.25) is 4.90 Å². The average Bonchev–Trinajstić information content (AvgIpc) is 3.37. The van der Waals surface area contributed by atoms with Crippen LogP contribution in [0.3, 0.4) is 0 Å². The maximum atomic E-state index is 13.2. The molecular formula is C20H19F4N5. The van der Waals surface area contributed by atoms with Crippen molar-refractivity contribution in [3.05, 3.63) is 76.9 Å². The summed E-state index contributed by atoms with van der Waals surface area (Å²) in [6, 6.07) is 10.9. The number of hydrogen-bond donors (Lipinski definition) is 0. The van der Waals surface area contributed by atoms with E-state index in [1.165, 1.54) is 24.3 Å². The summed E-state index contributed by atoms with van der Waals surface area (Å²) in [4.78, 5) is 2.18. The van der Waals surface area contributed by atoms with Gasteiger partial charge in [-0.2, -0.15) is 13.2 Å². The van der Waals surface area contributed by atoms with Gasteiger partial charge in [0.05, 0.1) is 18.2 Å². The van der Waals surface area contributed by atoms with Gasteiger partial charge in [-0.15, -0.1) is 5.10 Å². The van der Waals surface area contributed by atoms with Crippen molar-refractivity contribution in [2.24, 2.45) is 0 Å². The number of halogens is 4. The van der Waals surface area contributed by atoms with E-state index in [-0.39, 0.29) is 11.9 Å². The monoisotopic (exact) mass is 405 g/mol. The molecule has 0 aliphatic carbocycles. The van der Waals surface area contributed by atoms with E-state index in [2.05, 4.69) is 20.4 Å². The SMILES string of the molecule is Fc1ccc(Cn2nnnc2[C@H](c2ccc(C(F)(F)F)cc2)N2CCCC2)cc1. The number of hydrogen-bond acceptors (Lipinski definition) is 4. The van der Waals surface area contributed by atoms with Gasteiger partial charge >= 0.3 is 6.18 Å². The summed E-state index contributed by atoms with van der Waals surface area (Å²) in [5.41, 5.74) is 0.843. The Kier molecular flexibility index (Phi) is 5.31. The highest BCUT2D eigenvalue weighted by molar-refractivity contribution is 5.30. The lowest BCUT2D eigenvalue weighted by Crippen LogP contribution is -2.29. The Hall–Kier alpha value is -2.81. The summed E-state index contributed by atoms with van der Waals surface area (Å²) in [5.74, 6) is 0.223. The summed E-state index contributed by atoms with van der Waals surface area (Å²) in [6.07, 6.45) is -2.36. The molecule has 1 saturated heterocycles. The van der Waals surface area contributed by atoms with E-state index in [1.807, 2.05) is 0 Å². The van der Waals surface area contributed by atoms with Crippen LogP contribution in [0, 0.1) is 5.82 Å². The molecule has 9 heteroatoms. The Morgan fingerprint density at radius 1 is 0.931 bits per heavy atom. The molecule has 4 rings (SSSR count). The normalized spacial score (nSPS) is 16.3. The molecule has 3 aromatic rings. The molecule has 1 aliphatic rings. The number of alkyl halides is 3. The number of tetrazole rings is 1. The highest BCUT2D eigenvalue weighted by Gasteiger charge is 2.33. The van der Waals surface area contributed by atoms with E-state index in [0.29, 0.717) is 17.9 Å². The van der Waals surface area contributed by atoms with Gasteiger partial charge < -0.3 is 0 Å². The summed E-state index contributed by atoms with van der Waals surface area (Å²) < 4.78 is 53.7. The molecule has 0 amide bonds. The Morgan fingerprint density at radius 3 is 2.21 bits per heavy atom. The third-order valence-electron chi connectivity index (χ3n) is 5.11. The molecule has 1 atom stereocenters. The zero-order chi connectivity index (χ0) is 20.4. The van der Waals surface area contributed by atoms with Crippen molar-refractivity contribution in [2.45, 2.75) is 31.6 Å². The molecule has 5 nitrogen and oxygen atoms in total. The van der Waals surface area contributed by atoms with Crippen LogP contribution in [0.5, 0.6) is 0 Å². The fraction of sp³-hybridized carbons (Fsp3) is 0.350. The Balaban J connectivity index is 1.68. The number of benzene rings is 2. The predicted octanol–water partition coefficient (Wildman–Crippen LogP) is 4.06. The second-order valence-electron chi connectivity index (χ2n) is 7.09. The first kappa shape index (κ1) is 19.5. The topological polar surface area (TPSA) is 46.8 Å². The van der Waals surface area contributed by atoms with Gasteiger partial charge in [-0.05, 0) is 71.8 Å². The molecule has 0 unspecified atom stereocenters. The van der Waals surface area contributed by atoms with Gasteiger partial charge in [0.1, 0.15) is 5.82 Å². The van der Waals surface area contributed by atoms with Crippen molar-refractivity contribution in [3.8, 4) is 0 Å². The van der Waals surface area contributed by atoms with Crippen LogP contribution in [0.4, 0.5) is 17.6 Å². The fourth-order valence-electron chi connectivity index (χ4n) is 3.66. The summed E-state index contributed by atoms with van der Waals surface area (Å²) >= 11 is 0. The summed E-state index contributed by atoms with van der Waals surface area (Å²) in [5, 5.41) is 12.0. The van der Waals surface area contributed by atoms with Gasteiger partial charge in [0.25, 0.3) is 0 Å². The zero-order valence-electron chi connectivity index (χ0n) is 15.5. The minimum atomic E-state index is -4.38. The predicted molar refractivity (Wildman–Crippen MR) is 97.4 cm³/mol. The molecule has 29 heavy (non-hydrogen) atoms. The molecule has 2 aromatic carbocycles. The molecule has 0 saturated carbocycles. The van der Waals surface area contributed by atoms with Gasteiger partial charge in [0.2, 0.25) is 0 Å². The molecule has 0 spiro atoms. The highest BCUT2D eigenvalue weighted by atomic mass is 19.4. The Morgan fingerprint density at radius 2 is 1.59 bits per heavy atom. The molecule has 1 aliphatic heterocycles. The van der Waals surface area contributed by atoms with Crippen molar-refractivity contribution in [2.75, 3.05) is 13.1 Å². The van der Waals surface area contributed by atoms with Gasteiger partial charge in [-0.1, -0.05) is 24.3 Å². The smallest absolute Gasteiger partial charge is 0.290 e. The minimum absolute atomic E-state index is 0.328. The fourth-order valence-corrected chi connectivity index (χ4v) is 3.66. The first-order valence-electron chi connectivity index (χ1n) is 9.33. The van der Waals surface area contributed by atoms with Gasteiger partial charge in [-0.25, -0.2) is 9.07 Å². The molecule has 1 fully saturated rings. The molecule has 2 heterocycles. The van der Waals surface area contributed by atoms with Crippen LogP contribution in [0.15, 0.2) is 48.5 Å². The van der Waals surface area contributed by atoms with Crippen LogP contribution < -0.4 is 0 Å². The molecule has 1 aromatic heterocycles. The van der Waals surface area contributed by atoms with E-state index >= 15 is 0 Å². The minimum Gasteiger partial charge on any atom is -0.290 e. The Bertz CT molecular complexity index is 944. The molecule has 0 radical (unpaired) electrons. The molecular weight excluding hydrogens is 386 g/mol. The molecule has 0 bridgehead atoms. The highest BCUT2D eigenvalue weighted by Crippen LogP contribution is 2.34. The Labute approximate surface area is 164 Å². The maximum Gasteiger partial charge on any atom is 0.416 e. The first-order valence-corrected chi connectivity index (χ1v) is 9.33. The van der Waals surface area contributed by atoms with Crippen LogP contribution in [-0.2, 0) is 12.7 Å². The van der Waals surface area contributed by atoms with E-state index < -0.39 is 11.7 Å². The van der Waals surface area contributed by atoms with Crippen molar-refractivity contribution in [1.29, 1.82) is 0 Å². The van der Waals surface area contributed by atoms with Crippen molar-refractivity contribution in [3.63, 3.8) is 0 Å². The summed E-state index contributed by atoms with van der Waals surface area (Å²) in [6.45, 7) is 1.97. The lowest BCUT2D eigenvalue weighted by Gasteiger charge is -2.27. The maximum absolute atomic E-state index is 13.2. The third-order valence-corrected chi connectivity index (χ3v) is 5.11. The zero-order valence-corrected chi connectivity index (χ0v) is 15.5. The van der Waals surface area contributed by atoms with Crippen LogP contribution in [0.25, 0.3) is 0 Å². The lowest BCUT2D eigenvalue weighted by molar-refractivity contribution is -0.137. The van der Waals surface area contributed by atoms with E-state index in [0.717, 1.165) is 43.6 Å². The number of rotatable bonds is 5. The second-order valence-corrected chi connectivity index (χ2v) is 7.09. The van der Waals surface area contributed by atoms with Gasteiger partial charge in [0.15, 0.2) is 5.82 Å². The van der Waals surface area contributed by atoms with E-state index in [1.54, 1.807) is 16.8 Å². The number of likely N-dealkylation sites (tertiary alicyclic amines) is 1. The van der Waals surface area contributed by atoms with Crippen LogP contribution >= 0.6 is 0 Å². The van der Waals surface area contributed by atoms with E-state index in [9.17, 15) is 17.6 Å². The van der Waals surface area contributed by atoms with Crippen LogP contribution in [0.1, 0.15) is 41.4 Å². The second kappa shape index (κ2) is 7.90. The quantitative estimate of drug-likeness (QED) is 0.601. The first-order chi connectivity index (χ1) is 13.9. The molecule has 0 N–H and O–H groups in total. The van der Waals surface area contributed by atoms with Crippen molar-refractivity contribution >= 4 is 0 Å². The van der Waals surface area contributed by atoms with Crippen molar-refractivity contribution < 1.29 is 17.6 Å². The lowest BCUT2D eigenvalue weighted by atomic mass is 10.0. The number of aromatic nitrogens is 4. The van der Waals surface area contributed by atoms with E-state index in [4.69, 9.17) is 0 Å². The largest absolute Gasteiger partial charge is 0.416 e. The standard InChI is InChI=1S/C20H19F4N5/c21-17-9-3-14(4-10-17)13-29-19(25-26-27-29)18(28-11-1-2-12-28)15-5-7-16(8-6-15)20(22,23)24/h3-10,18H,1-2,11-13H2/t18-/m0/s1. The third kappa shape index (κ3) is 4.29. The number of nitrogens with zero attached hydrogens (tertiary/aromatic N) is 5. The average molecular weight is 405 g/mol.